The molecule has 2 aromatic carbocycles. The van der Waals surface area contributed by atoms with Crippen molar-refractivity contribution < 1.29 is 9.44 Å². The van der Waals surface area contributed by atoms with Crippen molar-refractivity contribution in [3.8, 4) is 0 Å². The second-order valence-corrected chi connectivity index (χ2v) is 8.19. The normalized spacial score (nSPS) is 32.0. The van der Waals surface area contributed by atoms with E-state index in [1.54, 1.807) is 14.1 Å². The van der Waals surface area contributed by atoms with Gasteiger partial charge in [-0.05, 0) is 11.1 Å². The summed E-state index contributed by atoms with van der Waals surface area (Å²) in [7, 11) is 3.42. The predicted octanol–water partition coefficient (Wildman–Crippen LogP) is 4.25. The highest BCUT2D eigenvalue weighted by molar-refractivity contribution is 5.86. The van der Waals surface area contributed by atoms with Gasteiger partial charge >= 0.3 is 0 Å². The van der Waals surface area contributed by atoms with Crippen LogP contribution in [0.2, 0.25) is 0 Å². The number of hydrogen-bond acceptors (Lipinski definition) is 2. The molecule has 0 aromatic heterocycles. The molecule has 25 heavy (non-hydrogen) atoms. The number of ketones is 1. The van der Waals surface area contributed by atoms with Crippen LogP contribution in [-0.4, -0.2) is 30.1 Å². The first-order valence-corrected chi connectivity index (χ1v) is 9.09. The topological polar surface area (TPSA) is 40.1 Å². The molecule has 3 aliphatic rings. The van der Waals surface area contributed by atoms with Gasteiger partial charge in [0.05, 0.1) is 20.5 Å². The molecule has 3 heteroatoms. The Kier molecular flexibility index (Phi) is 3.82. The standard InChI is InChI=1S/C22H25NO2/c1-23(2,25)22-13-18(16-9-5-3-6-10-16)21(20(24)15-22)19(14-22)17-11-7-4-8-12-17/h3-12,18-19,21H,13-15H2,1-2H3/t18-,19-,21?,22?/m0/s1. The van der Waals surface area contributed by atoms with E-state index in [9.17, 15) is 10.0 Å². The van der Waals surface area contributed by atoms with E-state index in [-0.39, 0.29) is 23.5 Å². The molecule has 2 bridgehead atoms. The molecule has 2 aromatic rings. The number of carbonyl (C=O) groups excluding carboxylic acids is 1. The Morgan fingerprint density at radius 3 is 1.72 bits per heavy atom. The highest BCUT2D eigenvalue weighted by Crippen LogP contribution is 2.59. The fourth-order valence-corrected chi connectivity index (χ4v) is 5.15. The molecule has 0 heterocycles. The highest BCUT2D eigenvalue weighted by atomic mass is 16.5. The molecular weight excluding hydrogens is 310 g/mol. The zero-order valence-electron chi connectivity index (χ0n) is 14.9. The lowest BCUT2D eigenvalue weighted by Gasteiger charge is -2.62. The quantitative estimate of drug-likeness (QED) is 0.621. The van der Waals surface area contributed by atoms with Crippen molar-refractivity contribution in [2.24, 2.45) is 5.92 Å². The molecule has 0 saturated heterocycles. The van der Waals surface area contributed by atoms with Gasteiger partial charge in [-0.3, -0.25) is 4.79 Å². The Morgan fingerprint density at radius 1 is 0.880 bits per heavy atom. The van der Waals surface area contributed by atoms with Gasteiger partial charge in [0.25, 0.3) is 0 Å². The van der Waals surface area contributed by atoms with E-state index in [1.807, 2.05) is 36.4 Å². The average molecular weight is 335 g/mol. The van der Waals surface area contributed by atoms with E-state index in [0.717, 1.165) is 12.8 Å². The Labute approximate surface area is 149 Å². The number of carbonyl (C=O) groups is 1. The van der Waals surface area contributed by atoms with Crippen LogP contribution in [-0.2, 0) is 4.79 Å². The summed E-state index contributed by atoms with van der Waals surface area (Å²) in [5.74, 6) is 0.515. The van der Waals surface area contributed by atoms with Crippen molar-refractivity contribution in [1.29, 1.82) is 0 Å². The SMILES string of the molecule is C[N+](C)([O-])C12CC(=O)C([C@H](c3ccccc3)C1)[C@H](c1ccccc1)C2. The summed E-state index contributed by atoms with van der Waals surface area (Å²) in [5.41, 5.74) is 1.87. The fraction of sp³-hybridized carbons (Fsp3) is 0.409. The minimum Gasteiger partial charge on any atom is -0.633 e. The van der Waals surface area contributed by atoms with Crippen LogP contribution < -0.4 is 0 Å². The molecule has 3 aliphatic carbocycles. The highest BCUT2D eigenvalue weighted by Gasteiger charge is 2.60. The van der Waals surface area contributed by atoms with Crippen molar-refractivity contribution >= 4 is 5.78 Å². The molecule has 130 valence electrons. The number of Topliss-reactive ketones (excluding diaryl/α,β-unsaturated/α-hetero) is 1. The van der Waals surface area contributed by atoms with E-state index in [1.165, 1.54) is 11.1 Å². The molecule has 2 atom stereocenters. The maximum absolute atomic E-state index is 13.1. The van der Waals surface area contributed by atoms with Crippen LogP contribution in [0.3, 0.4) is 0 Å². The number of nitrogens with zero attached hydrogens (tertiary/aromatic N) is 1. The van der Waals surface area contributed by atoms with E-state index < -0.39 is 10.2 Å². The van der Waals surface area contributed by atoms with Crippen molar-refractivity contribution in [3.05, 3.63) is 77.0 Å². The van der Waals surface area contributed by atoms with Gasteiger partial charge < -0.3 is 9.85 Å². The molecule has 0 aliphatic heterocycles. The number of quaternary nitrogens is 1. The van der Waals surface area contributed by atoms with E-state index in [4.69, 9.17) is 0 Å². The van der Waals surface area contributed by atoms with Crippen LogP contribution in [0.4, 0.5) is 0 Å². The summed E-state index contributed by atoms with van der Waals surface area (Å²) in [5, 5.41) is 13.1. The van der Waals surface area contributed by atoms with Crippen LogP contribution in [0.25, 0.3) is 0 Å². The van der Waals surface area contributed by atoms with E-state index >= 15 is 0 Å². The summed E-state index contributed by atoms with van der Waals surface area (Å²) in [6.45, 7) is 0. The third-order valence-corrected chi connectivity index (χ3v) is 6.54. The molecule has 3 nitrogen and oxygen atoms in total. The average Bonchev–Trinajstić information content (AvgIpc) is 2.62. The van der Waals surface area contributed by atoms with Gasteiger partial charge in [-0.2, -0.15) is 0 Å². The van der Waals surface area contributed by atoms with Gasteiger partial charge in [-0.1, -0.05) is 60.7 Å². The van der Waals surface area contributed by atoms with Crippen molar-refractivity contribution in [2.45, 2.75) is 36.6 Å². The number of hydrogen-bond donors (Lipinski definition) is 0. The van der Waals surface area contributed by atoms with Gasteiger partial charge in [0.2, 0.25) is 0 Å². The van der Waals surface area contributed by atoms with E-state index in [0.29, 0.717) is 6.42 Å². The first kappa shape index (κ1) is 16.5. The second-order valence-electron chi connectivity index (χ2n) is 8.19. The minimum absolute atomic E-state index is 0.0155. The molecule has 0 radical (unpaired) electrons. The maximum Gasteiger partial charge on any atom is 0.143 e. The molecule has 5 rings (SSSR count). The van der Waals surface area contributed by atoms with E-state index in [2.05, 4.69) is 24.3 Å². The Morgan fingerprint density at radius 2 is 1.32 bits per heavy atom. The summed E-state index contributed by atoms with van der Waals surface area (Å²) in [6.07, 6.45) is 2.02. The molecule has 0 amide bonds. The Balaban J connectivity index is 1.84. The lowest BCUT2D eigenvalue weighted by molar-refractivity contribution is -0.899. The smallest absolute Gasteiger partial charge is 0.143 e. The predicted molar refractivity (Wildman–Crippen MR) is 98.9 cm³/mol. The van der Waals surface area contributed by atoms with Crippen LogP contribution in [0.5, 0.6) is 0 Å². The van der Waals surface area contributed by atoms with Crippen molar-refractivity contribution in [2.75, 3.05) is 14.1 Å². The maximum atomic E-state index is 13.1. The monoisotopic (exact) mass is 335 g/mol. The number of fused-ring (bicyclic) bond motifs is 3. The van der Waals surface area contributed by atoms with Crippen LogP contribution in [0.15, 0.2) is 60.7 Å². The molecule has 0 spiro atoms. The first-order valence-electron chi connectivity index (χ1n) is 9.09. The third kappa shape index (κ3) is 2.62. The lowest BCUT2D eigenvalue weighted by Crippen LogP contribution is -2.65. The zero-order valence-corrected chi connectivity index (χ0v) is 14.9. The van der Waals surface area contributed by atoms with Gasteiger partial charge in [0, 0.05) is 30.6 Å². The largest absolute Gasteiger partial charge is 0.633 e. The molecule has 0 N–H and O–H groups in total. The van der Waals surface area contributed by atoms with Crippen LogP contribution in [0.1, 0.15) is 42.2 Å². The summed E-state index contributed by atoms with van der Waals surface area (Å²) >= 11 is 0. The molecular formula is C22H25NO2. The number of hydroxylamine groups is 3. The summed E-state index contributed by atoms with van der Waals surface area (Å²) in [4.78, 5) is 13.1. The Bertz CT molecular complexity index is 714. The van der Waals surface area contributed by atoms with Gasteiger partial charge in [0.15, 0.2) is 0 Å². The third-order valence-electron chi connectivity index (χ3n) is 6.54. The van der Waals surface area contributed by atoms with Gasteiger partial charge in [0.1, 0.15) is 11.3 Å². The summed E-state index contributed by atoms with van der Waals surface area (Å²) < 4.78 is -0.391. The molecule has 3 fully saturated rings. The zero-order chi connectivity index (χ0) is 17.7. The first-order chi connectivity index (χ1) is 11.9. The molecule has 0 unspecified atom stereocenters. The second kappa shape index (κ2) is 5.79. The molecule has 3 saturated carbocycles. The number of rotatable bonds is 3. The van der Waals surface area contributed by atoms with Crippen LogP contribution >= 0.6 is 0 Å². The van der Waals surface area contributed by atoms with Crippen LogP contribution in [0, 0.1) is 11.1 Å². The summed E-state index contributed by atoms with van der Waals surface area (Å²) in [6, 6.07) is 20.6. The lowest BCUT2D eigenvalue weighted by atomic mass is 9.52. The van der Waals surface area contributed by atoms with Gasteiger partial charge in [-0.15, -0.1) is 0 Å². The minimum atomic E-state index is -0.521. The van der Waals surface area contributed by atoms with Crippen molar-refractivity contribution in [3.63, 3.8) is 0 Å². The number of benzene rings is 2. The fourth-order valence-electron chi connectivity index (χ4n) is 5.15. The van der Waals surface area contributed by atoms with Crippen molar-refractivity contribution in [1.82, 2.24) is 0 Å². The van der Waals surface area contributed by atoms with Gasteiger partial charge in [-0.25, -0.2) is 0 Å². The Hall–Kier alpha value is -1.97.